The number of ether oxygens (including phenoxy) is 1. The molecule has 1 amide bonds. The predicted molar refractivity (Wildman–Crippen MR) is 132 cm³/mol. The molecule has 2 aliphatic rings. The third-order valence-electron chi connectivity index (χ3n) is 6.90. The summed E-state index contributed by atoms with van der Waals surface area (Å²) >= 11 is 0. The highest BCUT2D eigenvalue weighted by atomic mass is 32.2. The minimum absolute atomic E-state index is 0.0172. The Morgan fingerprint density at radius 2 is 1.80 bits per heavy atom. The van der Waals surface area contributed by atoms with Crippen molar-refractivity contribution in [2.24, 2.45) is 5.92 Å². The molecule has 1 aromatic carbocycles. The fourth-order valence-electron chi connectivity index (χ4n) is 4.99. The number of hydrogen-bond acceptors (Lipinski definition) is 6. The van der Waals surface area contributed by atoms with Gasteiger partial charge in [0.05, 0.1) is 22.9 Å². The van der Waals surface area contributed by atoms with Crippen molar-refractivity contribution in [3.05, 3.63) is 40.2 Å². The number of aromatic nitrogens is 1. The van der Waals surface area contributed by atoms with Gasteiger partial charge >= 0.3 is 5.97 Å². The van der Waals surface area contributed by atoms with Crippen LogP contribution in [0.15, 0.2) is 34.1 Å². The third kappa shape index (κ3) is 4.99. The van der Waals surface area contributed by atoms with Crippen LogP contribution in [-0.2, 0) is 26.1 Å². The van der Waals surface area contributed by atoms with E-state index in [9.17, 15) is 22.8 Å². The molecule has 3 heterocycles. The van der Waals surface area contributed by atoms with Crippen molar-refractivity contribution in [1.29, 1.82) is 0 Å². The van der Waals surface area contributed by atoms with E-state index < -0.39 is 27.3 Å². The highest BCUT2D eigenvalue weighted by molar-refractivity contribution is 7.89. The summed E-state index contributed by atoms with van der Waals surface area (Å²) in [6.07, 6.45) is 5.46. The number of fused-ring (bicyclic) bond motifs is 1. The van der Waals surface area contributed by atoms with E-state index in [2.05, 4.69) is 0 Å². The van der Waals surface area contributed by atoms with Crippen LogP contribution < -0.4 is 5.43 Å². The molecule has 2 saturated heterocycles. The maximum absolute atomic E-state index is 13.5. The minimum Gasteiger partial charge on any atom is -0.466 e. The molecule has 35 heavy (non-hydrogen) atoms. The second-order valence-electron chi connectivity index (χ2n) is 9.14. The Bertz CT molecular complexity index is 1280. The van der Waals surface area contributed by atoms with Gasteiger partial charge in [0.15, 0.2) is 0 Å². The van der Waals surface area contributed by atoms with E-state index in [0.29, 0.717) is 44.5 Å². The summed E-state index contributed by atoms with van der Waals surface area (Å²) in [5.74, 6) is -1.19. The molecule has 9 nitrogen and oxygen atoms in total. The largest absolute Gasteiger partial charge is 0.466 e. The Hall–Kier alpha value is -2.72. The van der Waals surface area contributed by atoms with Crippen LogP contribution >= 0.6 is 0 Å². The molecule has 0 bridgehead atoms. The maximum atomic E-state index is 13.5. The third-order valence-corrected chi connectivity index (χ3v) is 8.80. The van der Waals surface area contributed by atoms with E-state index in [-0.39, 0.29) is 35.0 Å². The lowest BCUT2D eigenvalue weighted by Gasteiger charge is -2.31. The Labute approximate surface area is 205 Å². The van der Waals surface area contributed by atoms with Gasteiger partial charge in [0.1, 0.15) is 5.56 Å². The van der Waals surface area contributed by atoms with Crippen molar-refractivity contribution in [1.82, 2.24) is 13.8 Å². The summed E-state index contributed by atoms with van der Waals surface area (Å²) in [6.45, 7) is 5.99. The van der Waals surface area contributed by atoms with Crippen LogP contribution in [-0.4, -0.2) is 66.9 Å². The number of likely N-dealkylation sites (tertiary alicyclic amines) is 1. The molecule has 190 valence electrons. The first kappa shape index (κ1) is 25.4. The first-order valence-corrected chi connectivity index (χ1v) is 13.8. The molecule has 0 N–H and O–H groups in total. The molecule has 0 saturated carbocycles. The predicted octanol–water partition coefficient (Wildman–Crippen LogP) is 2.61. The zero-order valence-corrected chi connectivity index (χ0v) is 21.2. The van der Waals surface area contributed by atoms with Crippen LogP contribution in [0.1, 0.15) is 56.3 Å². The van der Waals surface area contributed by atoms with Gasteiger partial charge in [-0.25, -0.2) is 8.42 Å². The normalized spacial score (nSPS) is 19.6. The van der Waals surface area contributed by atoms with Crippen molar-refractivity contribution in [3.8, 4) is 0 Å². The van der Waals surface area contributed by atoms with E-state index >= 15 is 0 Å². The van der Waals surface area contributed by atoms with Crippen LogP contribution in [0.3, 0.4) is 0 Å². The number of amides is 1. The molecule has 1 unspecified atom stereocenters. The molecule has 1 aromatic heterocycles. The van der Waals surface area contributed by atoms with Gasteiger partial charge in [-0.05, 0) is 57.7 Å². The van der Waals surface area contributed by atoms with Gasteiger partial charge in [0.25, 0.3) is 5.91 Å². The maximum Gasteiger partial charge on any atom is 0.310 e. The van der Waals surface area contributed by atoms with Crippen LogP contribution in [0.25, 0.3) is 10.9 Å². The zero-order valence-electron chi connectivity index (χ0n) is 20.4. The van der Waals surface area contributed by atoms with Crippen molar-refractivity contribution >= 4 is 32.8 Å². The Balaban J connectivity index is 1.72. The number of esters is 1. The number of sulfonamides is 1. The van der Waals surface area contributed by atoms with Gasteiger partial charge in [-0.1, -0.05) is 6.42 Å². The highest BCUT2D eigenvalue weighted by Gasteiger charge is 2.32. The number of hydrogen-bond donors (Lipinski definition) is 0. The molecule has 0 aliphatic carbocycles. The number of benzene rings is 1. The number of pyridine rings is 1. The molecule has 2 aromatic rings. The Kier molecular flexibility index (Phi) is 7.61. The lowest BCUT2D eigenvalue weighted by molar-refractivity contribution is -0.149. The Morgan fingerprint density at radius 3 is 2.49 bits per heavy atom. The van der Waals surface area contributed by atoms with Crippen LogP contribution in [0, 0.1) is 5.92 Å². The molecule has 4 rings (SSSR count). The van der Waals surface area contributed by atoms with E-state index in [4.69, 9.17) is 4.74 Å². The van der Waals surface area contributed by atoms with Crippen LogP contribution in [0.4, 0.5) is 0 Å². The topological polar surface area (TPSA) is 106 Å². The van der Waals surface area contributed by atoms with Crippen molar-refractivity contribution < 1.29 is 22.7 Å². The highest BCUT2D eigenvalue weighted by Crippen LogP contribution is 2.25. The number of rotatable bonds is 6. The minimum atomic E-state index is -3.73. The summed E-state index contributed by atoms with van der Waals surface area (Å²) in [4.78, 5) is 40.7. The van der Waals surface area contributed by atoms with Gasteiger partial charge < -0.3 is 14.2 Å². The van der Waals surface area contributed by atoms with E-state index in [1.54, 1.807) is 23.8 Å². The van der Waals surface area contributed by atoms with E-state index in [1.165, 1.54) is 21.3 Å². The monoisotopic (exact) mass is 503 g/mol. The standard InChI is InChI=1S/C25H33N3O6S/c1-3-26-17-21(24(30)27-12-8-9-18(16-27)25(31)34-4-2)23(29)20-15-19(10-11-22(20)26)35(32,33)28-13-6-5-7-14-28/h10-11,15,17-18H,3-9,12-14,16H2,1-2H3. The van der Waals surface area contributed by atoms with Crippen molar-refractivity contribution in [2.75, 3.05) is 32.8 Å². The molecule has 2 fully saturated rings. The molecule has 0 radical (unpaired) electrons. The lowest BCUT2D eigenvalue weighted by atomic mass is 9.97. The number of piperidine rings is 2. The number of carbonyl (C=O) groups excluding carboxylic acids is 2. The quantitative estimate of drug-likeness (QED) is 0.561. The molecule has 2 aliphatic heterocycles. The summed E-state index contributed by atoms with van der Waals surface area (Å²) < 4.78 is 34.8. The van der Waals surface area contributed by atoms with Crippen LogP contribution in [0.2, 0.25) is 0 Å². The first-order chi connectivity index (χ1) is 16.8. The number of aryl methyl sites for hydroxylation is 1. The molecule has 1 atom stereocenters. The van der Waals surface area contributed by atoms with Crippen molar-refractivity contribution in [3.63, 3.8) is 0 Å². The molecular weight excluding hydrogens is 470 g/mol. The van der Waals surface area contributed by atoms with Crippen LogP contribution in [0.5, 0.6) is 0 Å². The summed E-state index contributed by atoms with van der Waals surface area (Å²) in [6, 6.07) is 4.58. The number of carbonyl (C=O) groups is 2. The average Bonchev–Trinajstić information content (AvgIpc) is 2.89. The fraction of sp³-hybridized carbons (Fsp3) is 0.560. The SMILES string of the molecule is CCOC(=O)C1CCCN(C(=O)c2cn(CC)c3ccc(S(=O)(=O)N4CCCCC4)cc3c2=O)C1. The van der Waals surface area contributed by atoms with Gasteiger partial charge in [-0.15, -0.1) is 0 Å². The summed E-state index contributed by atoms with van der Waals surface area (Å²) in [5.41, 5.74) is 0.0646. The fourth-order valence-corrected chi connectivity index (χ4v) is 6.53. The average molecular weight is 504 g/mol. The summed E-state index contributed by atoms with van der Waals surface area (Å²) in [5, 5.41) is 0.203. The second kappa shape index (κ2) is 10.5. The van der Waals surface area contributed by atoms with E-state index in [1.807, 2.05) is 6.92 Å². The summed E-state index contributed by atoms with van der Waals surface area (Å²) in [7, 11) is -3.73. The zero-order chi connectivity index (χ0) is 25.2. The second-order valence-corrected chi connectivity index (χ2v) is 11.1. The van der Waals surface area contributed by atoms with Gasteiger partial charge in [-0.2, -0.15) is 4.31 Å². The van der Waals surface area contributed by atoms with Gasteiger partial charge in [0, 0.05) is 44.3 Å². The first-order valence-electron chi connectivity index (χ1n) is 12.4. The number of nitrogens with zero attached hydrogens (tertiary/aromatic N) is 3. The molecular formula is C25H33N3O6S. The van der Waals surface area contributed by atoms with Crippen molar-refractivity contribution in [2.45, 2.75) is 57.4 Å². The van der Waals surface area contributed by atoms with Gasteiger partial charge in [0.2, 0.25) is 15.5 Å². The Morgan fingerprint density at radius 1 is 1.06 bits per heavy atom. The smallest absolute Gasteiger partial charge is 0.310 e. The molecule has 0 spiro atoms. The van der Waals surface area contributed by atoms with E-state index in [0.717, 1.165) is 19.3 Å². The molecule has 10 heteroatoms. The lowest BCUT2D eigenvalue weighted by Crippen LogP contribution is -2.44. The van der Waals surface area contributed by atoms with Gasteiger partial charge in [-0.3, -0.25) is 14.4 Å².